The first kappa shape index (κ1) is 15.6. The molecule has 6 heteroatoms. The summed E-state index contributed by atoms with van der Waals surface area (Å²) in [6.07, 6.45) is 4.66. The molecule has 1 saturated heterocycles. The number of nitrogens with zero attached hydrogens (tertiary/aromatic N) is 2. The number of morpholine rings is 1. The molecule has 0 aliphatic carbocycles. The monoisotopic (exact) mass is 433 g/mol. The summed E-state index contributed by atoms with van der Waals surface area (Å²) in [6, 6.07) is 10.4. The van der Waals surface area contributed by atoms with Gasteiger partial charge in [-0.1, -0.05) is 18.2 Å². The van der Waals surface area contributed by atoms with Crippen LogP contribution in [0.15, 0.2) is 42.7 Å². The van der Waals surface area contributed by atoms with E-state index < -0.39 is 0 Å². The van der Waals surface area contributed by atoms with Gasteiger partial charge >= 0.3 is 0 Å². The van der Waals surface area contributed by atoms with Gasteiger partial charge in [0.1, 0.15) is 11.8 Å². The first-order valence-electron chi connectivity index (χ1n) is 7.78. The van der Waals surface area contributed by atoms with Crippen molar-refractivity contribution in [3.63, 3.8) is 0 Å². The molecule has 1 N–H and O–H groups in total. The molecule has 4 rings (SSSR count). The van der Waals surface area contributed by atoms with Crippen molar-refractivity contribution in [1.82, 2.24) is 14.9 Å². The number of carbonyl (C=O) groups excluding carboxylic acids is 1. The van der Waals surface area contributed by atoms with Crippen molar-refractivity contribution in [1.29, 1.82) is 0 Å². The summed E-state index contributed by atoms with van der Waals surface area (Å²) in [5.41, 5.74) is 4.16. The Balaban J connectivity index is 1.68. The number of fused-ring (bicyclic) bond motifs is 1. The van der Waals surface area contributed by atoms with Crippen LogP contribution in [0.25, 0.3) is 22.2 Å². The van der Waals surface area contributed by atoms with Crippen LogP contribution in [0.3, 0.4) is 0 Å². The molecule has 1 aliphatic heterocycles. The van der Waals surface area contributed by atoms with Crippen molar-refractivity contribution in [2.75, 3.05) is 19.7 Å². The van der Waals surface area contributed by atoms with E-state index in [1.807, 2.05) is 18.5 Å². The SMILES string of the molecule is O=CN1CCOC(c2cccc(-c3cnc4[nH]cc(I)c4c3)c2)C1. The minimum Gasteiger partial charge on any atom is -0.370 e. The van der Waals surface area contributed by atoms with Crippen molar-refractivity contribution < 1.29 is 9.53 Å². The average molecular weight is 433 g/mol. The van der Waals surface area contributed by atoms with Gasteiger partial charge in [0.05, 0.1) is 13.2 Å². The molecule has 3 heterocycles. The smallest absolute Gasteiger partial charge is 0.209 e. The third-order valence-electron chi connectivity index (χ3n) is 4.32. The number of ether oxygens (including phenoxy) is 1. The van der Waals surface area contributed by atoms with Gasteiger partial charge in [-0.2, -0.15) is 0 Å². The highest BCUT2D eigenvalue weighted by atomic mass is 127. The van der Waals surface area contributed by atoms with E-state index in [0.717, 1.165) is 37.7 Å². The van der Waals surface area contributed by atoms with Crippen LogP contribution in [0.1, 0.15) is 11.7 Å². The number of hydrogen-bond donors (Lipinski definition) is 1. The van der Waals surface area contributed by atoms with Gasteiger partial charge in [0.25, 0.3) is 0 Å². The molecule has 0 bridgehead atoms. The number of pyridine rings is 1. The number of aromatic nitrogens is 2. The standard InChI is InChI=1S/C18H16IN3O2/c19-16-9-21-18-15(16)7-14(8-20-18)12-2-1-3-13(6-12)17-10-22(11-23)4-5-24-17/h1-3,6-9,11,17H,4-5,10H2,(H,20,21). The third-order valence-corrected chi connectivity index (χ3v) is 5.21. The fourth-order valence-electron chi connectivity index (χ4n) is 3.01. The van der Waals surface area contributed by atoms with Crippen LogP contribution in [-0.4, -0.2) is 41.0 Å². The Morgan fingerprint density at radius 2 is 2.25 bits per heavy atom. The molecule has 1 atom stereocenters. The van der Waals surface area contributed by atoms with Gasteiger partial charge in [-0.25, -0.2) is 4.98 Å². The summed E-state index contributed by atoms with van der Waals surface area (Å²) in [5, 5.41) is 1.12. The maximum Gasteiger partial charge on any atom is 0.209 e. The second kappa shape index (κ2) is 6.52. The molecule has 122 valence electrons. The molecule has 1 aromatic carbocycles. The lowest BCUT2D eigenvalue weighted by molar-refractivity contribution is -0.125. The number of nitrogens with one attached hydrogen (secondary N) is 1. The molecule has 0 saturated carbocycles. The largest absolute Gasteiger partial charge is 0.370 e. The summed E-state index contributed by atoms with van der Waals surface area (Å²) in [7, 11) is 0. The number of carbonyl (C=O) groups is 1. The molecule has 5 nitrogen and oxygen atoms in total. The predicted molar refractivity (Wildman–Crippen MR) is 101 cm³/mol. The van der Waals surface area contributed by atoms with Gasteiger partial charge < -0.3 is 14.6 Å². The molecule has 2 aromatic heterocycles. The van der Waals surface area contributed by atoms with Crippen molar-refractivity contribution >= 4 is 40.0 Å². The molecule has 1 amide bonds. The Hall–Kier alpha value is -1.93. The van der Waals surface area contributed by atoms with Crippen LogP contribution in [-0.2, 0) is 9.53 Å². The van der Waals surface area contributed by atoms with Crippen molar-refractivity contribution in [2.45, 2.75) is 6.10 Å². The molecule has 1 unspecified atom stereocenters. The Labute approximate surface area is 153 Å². The second-order valence-electron chi connectivity index (χ2n) is 5.84. The van der Waals surface area contributed by atoms with Crippen molar-refractivity contribution in [3.05, 3.63) is 51.9 Å². The minimum atomic E-state index is -0.0759. The number of aromatic amines is 1. The van der Waals surface area contributed by atoms with E-state index in [2.05, 4.69) is 56.8 Å². The van der Waals surface area contributed by atoms with E-state index in [0.29, 0.717) is 19.7 Å². The Bertz CT molecular complexity index is 893. The highest BCUT2D eigenvalue weighted by Gasteiger charge is 2.21. The number of halogens is 1. The average Bonchev–Trinajstić information content (AvgIpc) is 3.02. The zero-order valence-corrected chi connectivity index (χ0v) is 15.1. The van der Waals surface area contributed by atoms with Crippen LogP contribution in [0.2, 0.25) is 0 Å². The van der Waals surface area contributed by atoms with E-state index in [-0.39, 0.29) is 6.10 Å². The summed E-state index contributed by atoms with van der Waals surface area (Å²) in [6.45, 7) is 1.83. The lowest BCUT2D eigenvalue weighted by Gasteiger charge is -2.30. The zero-order valence-electron chi connectivity index (χ0n) is 12.9. The molecule has 24 heavy (non-hydrogen) atoms. The first-order valence-corrected chi connectivity index (χ1v) is 8.86. The molecule has 1 aliphatic rings. The maximum absolute atomic E-state index is 11.0. The quantitative estimate of drug-likeness (QED) is 0.509. The molecule has 0 radical (unpaired) electrons. The van der Waals surface area contributed by atoms with Gasteiger partial charge in [0.15, 0.2) is 0 Å². The zero-order chi connectivity index (χ0) is 16.5. The number of H-pyrrole nitrogens is 1. The van der Waals surface area contributed by atoms with Gasteiger partial charge in [0, 0.05) is 33.5 Å². The lowest BCUT2D eigenvalue weighted by Crippen LogP contribution is -2.37. The highest BCUT2D eigenvalue weighted by Crippen LogP contribution is 2.29. The van der Waals surface area contributed by atoms with Crippen LogP contribution < -0.4 is 0 Å². The minimum absolute atomic E-state index is 0.0759. The van der Waals surface area contributed by atoms with E-state index in [1.165, 1.54) is 0 Å². The third kappa shape index (κ3) is 2.91. The van der Waals surface area contributed by atoms with E-state index in [9.17, 15) is 4.79 Å². The fraction of sp³-hybridized carbons (Fsp3) is 0.222. The van der Waals surface area contributed by atoms with Crippen molar-refractivity contribution in [3.8, 4) is 11.1 Å². The number of benzene rings is 1. The fourth-order valence-corrected chi connectivity index (χ4v) is 3.58. The summed E-state index contributed by atoms with van der Waals surface area (Å²) >= 11 is 2.31. The summed E-state index contributed by atoms with van der Waals surface area (Å²) in [4.78, 5) is 20.4. The van der Waals surface area contributed by atoms with Gasteiger partial charge in [-0.15, -0.1) is 0 Å². The molecule has 1 fully saturated rings. The molecular weight excluding hydrogens is 417 g/mol. The number of rotatable bonds is 3. The van der Waals surface area contributed by atoms with Crippen molar-refractivity contribution in [2.24, 2.45) is 0 Å². The Morgan fingerprint density at radius 1 is 1.33 bits per heavy atom. The van der Waals surface area contributed by atoms with Crippen LogP contribution >= 0.6 is 22.6 Å². The van der Waals surface area contributed by atoms with Crippen LogP contribution in [0, 0.1) is 3.57 Å². The van der Waals surface area contributed by atoms with Crippen LogP contribution in [0.5, 0.6) is 0 Å². The van der Waals surface area contributed by atoms with E-state index in [1.54, 1.807) is 4.90 Å². The maximum atomic E-state index is 11.0. The Morgan fingerprint density at radius 3 is 3.12 bits per heavy atom. The molecular formula is C18H16IN3O2. The summed E-state index contributed by atoms with van der Waals surface area (Å²) < 4.78 is 7.00. The predicted octanol–water partition coefficient (Wildman–Crippen LogP) is 3.36. The molecule has 3 aromatic rings. The normalized spacial score (nSPS) is 18.0. The molecule has 0 spiro atoms. The Kier molecular flexibility index (Phi) is 4.24. The highest BCUT2D eigenvalue weighted by molar-refractivity contribution is 14.1. The topological polar surface area (TPSA) is 58.2 Å². The van der Waals surface area contributed by atoms with Crippen LogP contribution in [0.4, 0.5) is 0 Å². The van der Waals surface area contributed by atoms with Gasteiger partial charge in [-0.3, -0.25) is 4.79 Å². The van der Waals surface area contributed by atoms with Gasteiger partial charge in [0.2, 0.25) is 6.41 Å². The summed E-state index contributed by atoms with van der Waals surface area (Å²) in [5.74, 6) is 0. The lowest BCUT2D eigenvalue weighted by atomic mass is 10.0. The second-order valence-corrected chi connectivity index (χ2v) is 7.00. The first-order chi connectivity index (χ1) is 11.7. The number of hydrogen-bond acceptors (Lipinski definition) is 3. The van der Waals surface area contributed by atoms with E-state index >= 15 is 0 Å². The van der Waals surface area contributed by atoms with E-state index in [4.69, 9.17) is 4.74 Å². The van der Waals surface area contributed by atoms with Gasteiger partial charge in [-0.05, 0) is 45.9 Å². The number of amides is 1.